The van der Waals surface area contributed by atoms with E-state index in [9.17, 15) is 14.0 Å². The minimum atomic E-state index is -0.399. The number of rotatable bonds is 4. The van der Waals surface area contributed by atoms with E-state index in [0.29, 0.717) is 16.8 Å². The fraction of sp³-hybridized carbons (Fsp3) is 0.167. The normalized spacial score (nSPS) is 15.3. The third-order valence-corrected chi connectivity index (χ3v) is 5.16. The number of hydrogen-bond acceptors (Lipinski definition) is 2. The third kappa shape index (κ3) is 4.35. The molecule has 2 N–H and O–H groups in total. The average molecular weight is 388 g/mol. The SMILES string of the molecule is O=C(Nc1cccc(C(=O)NC2CCCc3ccccc32)c1)c1ccc(F)cc1. The van der Waals surface area contributed by atoms with E-state index < -0.39 is 5.82 Å². The van der Waals surface area contributed by atoms with E-state index >= 15 is 0 Å². The van der Waals surface area contributed by atoms with Crippen LogP contribution in [0.5, 0.6) is 0 Å². The summed E-state index contributed by atoms with van der Waals surface area (Å²) in [5.41, 5.74) is 3.79. The van der Waals surface area contributed by atoms with Crippen LogP contribution in [-0.4, -0.2) is 11.8 Å². The van der Waals surface area contributed by atoms with Crippen LogP contribution in [0, 0.1) is 5.82 Å². The topological polar surface area (TPSA) is 58.2 Å². The smallest absolute Gasteiger partial charge is 0.255 e. The Morgan fingerprint density at radius 1 is 0.862 bits per heavy atom. The van der Waals surface area contributed by atoms with E-state index in [1.54, 1.807) is 24.3 Å². The maximum absolute atomic E-state index is 13.0. The lowest BCUT2D eigenvalue weighted by Crippen LogP contribution is -2.31. The molecule has 4 nitrogen and oxygen atoms in total. The molecule has 4 rings (SSSR count). The van der Waals surface area contributed by atoms with Gasteiger partial charge in [-0.2, -0.15) is 0 Å². The molecular formula is C24H21FN2O2. The predicted molar refractivity (Wildman–Crippen MR) is 110 cm³/mol. The van der Waals surface area contributed by atoms with Gasteiger partial charge in [0.05, 0.1) is 6.04 Å². The second kappa shape index (κ2) is 8.27. The zero-order valence-corrected chi connectivity index (χ0v) is 15.8. The molecule has 2 amide bonds. The first-order valence-electron chi connectivity index (χ1n) is 9.66. The van der Waals surface area contributed by atoms with Gasteiger partial charge in [0, 0.05) is 16.8 Å². The molecule has 0 fully saturated rings. The van der Waals surface area contributed by atoms with Gasteiger partial charge >= 0.3 is 0 Å². The zero-order chi connectivity index (χ0) is 20.2. The molecule has 1 atom stereocenters. The quantitative estimate of drug-likeness (QED) is 0.669. The maximum Gasteiger partial charge on any atom is 0.255 e. The number of hydrogen-bond donors (Lipinski definition) is 2. The minimum absolute atomic E-state index is 0.00934. The molecule has 0 heterocycles. The first-order valence-corrected chi connectivity index (χ1v) is 9.66. The van der Waals surface area contributed by atoms with E-state index in [2.05, 4.69) is 22.8 Å². The molecule has 0 radical (unpaired) electrons. The van der Waals surface area contributed by atoms with Crippen molar-refractivity contribution in [1.82, 2.24) is 5.32 Å². The highest BCUT2D eigenvalue weighted by Crippen LogP contribution is 2.29. The van der Waals surface area contributed by atoms with Crippen molar-refractivity contribution in [2.75, 3.05) is 5.32 Å². The average Bonchev–Trinajstić information content (AvgIpc) is 2.74. The Balaban J connectivity index is 1.46. The summed E-state index contributed by atoms with van der Waals surface area (Å²) in [5.74, 6) is -0.933. The summed E-state index contributed by atoms with van der Waals surface area (Å²) >= 11 is 0. The monoisotopic (exact) mass is 388 g/mol. The van der Waals surface area contributed by atoms with Gasteiger partial charge in [-0.3, -0.25) is 9.59 Å². The van der Waals surface area contributed by atoms with Crippen LogP contribution >= 0.6 is 0 Å². The maximum atomic E-state index is 13.0. The Morgan fingerprint density at radius 2 is 1.66 bits per heavy atom. The number of fused-ring (bicyclic) bond motifs is 1. The number of anilines is 1. The van der Waals surface area contributed by atoms with E-state index in [4.69, 9.17) is 0 Å². The number of halogens is 1. The van der Waals surface area contributed by atoms with Crippen LogP contribution in [0.25, 0.3) is 0 Å². The van der Waals surface area contributed by atoms with Crippen molar-refractivity contribution in [2.45, 2.75) is 25.3 Å². The first kappa shape index (κ1) is 18.9. The van der Waals surface area contributed by atoms with Gasteiger partial charge in [0.1, 0.15) is 5.82 Å². The molecule has 3 aromatic rings. The van der Waals surface area contributed by atoms with Crippen LogP contribution < -0.4 is 10.6 Å². The second-order valence-corrected chi connectivity index (χ2v) is 7.16. The van der Waals surface area contributed by atoms with Gasteiger partial charge in [-0.05, 0) is 72.9 Å². The van der Waals surface area contributed by atoms with Crippen molar-refractivity contribution in [2.24, 2.45) is 0 Å². The van der Waals surface area contributed by atoms with E-state index in [1.165, 1.54) is 35.4 Å². The molecule has 5 heteroatoms. The van der Waals surface area contributed by atoms with Gasteiger partial charge in [0.25, 0.3) is 11.8 Å². The number of aryl methyl sites for hydroxylation is 1. The lowest BCUT2D eigenvalue weighted by Gasteiger charge is -2.26. The van der Waals surface area contributed by atoms with Crippen LogP contribution in [0.3, 0.4) is 0 Å². The second-order valence-electron chi connectivity index (χ2n) is 7.16. The van der Waals surface area contributed by atoms with Crippen LogP contribution in [0.15, 0.2) is 72.8 Å². The van der Waals surface area contributed by atoms with Crippen molar-refractivity contribution in [3.05, 3.63) is 101 Å². The van der Waals surface area contributed by atoms with Gasteiger partial charge < -0.3 is 10.6 Å². The largest absolute Gasteiger partial charge is 0.345 e. The highest BCUT2D eigenvalue weighted by atomic mass is 19.1. The van der Waals surface area contributed by atoms with Gasteiger partial charge in [-0.25, -0.2) is 4.39 Å². The lowest BCUT2D eigenvalue weighted by atomic mass is 9.87. The summed E-state index contributed by atoms with van der Waals surface area (Å²) in [6.07, 6.45) is 2.98. The summed E-state index contributed by atoms with van der Waals surface area (Å²) in [7, 11) is 0. The summed E-state index contributed by atoms with van der Waals surface area (Å²) in [5, 5.41) is 5.87. The molecule has 0 aliphatic heterocycles. The zero-order valence-electron chi connectivity index (χ0n) is 15.8. The van der Waals surface area contributed by atoms with E-state index in [1.807, 2.05) is 12.1 Å². The standard InChI is InChI=1S/C24H21FN2O2/c25-19-13-11-17(12-14-19)23(28)26-20-8-3-7-18(15-20)24(29)27-22-10-4-6-16-5-1-2-9-21(16)22/h1-3,5,7-9,11-15,22H,4,6,10H2,(H,26,28)(H,27,29). The Morgan fingerprint density at radius 3 is 2.48 bits per heavy atom. The first-order chi connectivity index (χ1) is 14.1. The van der Waals surface area contributed by atoms with Crippen molar-refractivity contribution < 1.29 is 14.0 Å². The third-order valence-electron chi connectivity index (χ3n) is 5.16. The molecule has 146 valence electrons. The van der Waals surface area contributed by atoms with Crippen molar-refractivity contribution in [3.63, 3.8) is 0 Å². The summed E-state index contributed by atoms with van der Waals surface area (Å²) in [4.78, 5) is 25.1. The highest BCUT2D eigenvalue weighted by molar-refractivity contribution is 6.05. The van der Waals surface area contributed by atoms with Crippen molar-refractivity contribution >= 4 is 17.5 Å². The predicted octanol–water partition coefficient (Wildman–Crippen LogP) is 4.89. The fourth-order valence-corrected chi connectivity index (χ4v) is 3.69. The number of carbonyl (C=O) groups is 2. The molecule has 1 unspecified atom stereocenters. The van der Waals surface area contributed by atoms with Gasteiger partial charge in [0.2, 0.25) is 0 Å². The Hall–Kier alpha value is -3.47. The number of carbonyl (C=O) groups excluding carboxylic acids is 2. The minimum Gasteiger partial charge on any atom is -0.345 e. The molecule has 1 aliphatic rings. The summed E-state index contributed by atoms with van der Waals surface area (Å²) < 4.78 is 13.0. The van der Waals surface area contributed by atoms with Gasteiger partial charge in [-0.1, -0.05) is 30.3 Å². The lowest BCUT2D eigenvalue weighted by molar-refractivity contribution is 0.0931. The van der Waals surface area contributed by atoms with E-state index in [0.717, 1.165) is 19.3 Å². The molecule has 0 saturated heterocycles. The molecular weight excluding hydrogens is 367 g/mol. The Labute approximate surface area is 168 Å². The Bertz CT molecular complexity index is 1050. The number of nitrogens with one attached hydrogen (secondary N) is 2. The van der Waals surface area contributed by atoms with Crippen molar-refractivity contribution in [3.8, 4) is 0 Å². The van der Waals surface area contributed by atoms with Crippen LogP contribution in [0.2, 0.25) is 0 Å². The molecule has 0 aromatic heterocycles. The van der Waals surface area contributed by atoms with Crippen LogP contribution in [0.1, 0.15) is 50.7 Å². The molecule has 0 spiro atoms. The molecule has 0 saturated carbocycles. The van der Waals surface area contributed by atoms with E-state index in [-0.39, 0.29) is 17.9 Å². The summed E-state index contributed by atoms with van der Waals surface area (Å²) in [6.45, 7) is 0. The number of amides is 2. The molecule has 3 aromatic carbocycles. The van der Waals surface area contributed by atoms with Gasteiger partial charge in [0.15, 0.2) is 0 Å². The molecule has 0 bridgehead atoms. The highest BCUT2D eigenvalue weighted by Gasteiger charge is 2.22. The number of benzene rings is 3. The van der Waals surface area contributed by atoms with Crippen molar-refractivity contribution in [1.29, 1.82) is 0 Å². The molecule has 1 aliphatic carbocycles. The Kier molecular flexibility index (Phi) is 5.38. The van der Waals surface area contributed by atoms with Gasteiger partial charge in [-0.15, -0.1) is 0 Å². The van der Waals surface area contributed by atoms with Crippen LogP contribution in [-0.2, 0) is 6.42 Å². The van der Waals surface area contributed by atoms with Crippen LogP contribution in [0.4, 0.5) is 10.1 Å². The molecule has 29 heavy (non-hydrogen) atoms. The fourth-order valence-electron chi connectivity index (χ4n) is 3.69. The summed E-state index contributed by atoms with van der Waals surface area (Å²) in [6, 6.07) is 20.3.